The number of phenolic OH excluding ortho intramolecular Hbond substituents is 1. The number of carbonyl (C=O) groups excluding carboxylic acids is 1. The van der Waals surface area contributed by atoms with Crippen molar-refractivity contribution in [3.8, 4) is 5.75 Å². The third kappa shape index (κ3) is 1.84. The summed E-state index contributed by atoms with van der Waals surface area (Å²) < 4.78 is 0. The van der Waals surface area contributed by atoms with Crippen molar-refractivity contribution in [3.05, 3.63) is 29.3 Å². The lowest BCUT2D eigenvalue weighted by Crippen LogP contribution is -2.34. The fourth-order valence-corrected chi connectivity index (χ4v) is 3.90. The molecule has 2 aliphatic rings. The van der Waals surface area contributed by atoms with E-state index < -0.39 is 0 Å². The maximum atomic E-state index is 11.2. The summed E-state index contributed by atoms with van der Waals surface area (Å²) in [6.07, 6.45) is 6.50. The van der Waals surface area contributed by atoms with Crippen molar-refractivity contribution in [1.82, 2.24) is 0 Å². The van der Waals surface area contributed by atoms with E-state index in [0.717, 1.165) is 38.4 Å². The summed E-state index contributed by atoms with van der Waals surface area (Å²) in [4.78, 5) is 11.2. The molecule has 2 aliphatic carbocycles. The minimum Gasteiger partial charge on any atom is -0.508 e. The van der Waals surface area contributed by atoms with Crippen LogP contribution < -0.4 is 0 Å². The van der Waals surface area contributed by atoms with Gasteiger partial charge in [-0.3, -0.25) is 0 Å². The van der Waals surface area contributed by atoms with Crippen molar-refractivity contribution in [1.29, 1.82) is 0 Å². The molecule has 1 N–H and O–H groups in total. The number of hydrogen-bond donors (Lipinski definition) is 1. The highest BCUT2D eigenvalue weighted by Crippen LogP contribution is 2.50. The Hall–Kier alpha value is -1.31. The van der Waals surface area contributed by atoms with Gasteiger partial charge in [0.05, 0.1) is 0 Å². The molecular weight excluding hydrogens is 224 g/mol. The van der Waals surface area contributed by atoms with Gasteiger partial charge >= 0.3 is 0 Å². The molecule has 0 radical (unpaired) electrons. The summed E-state index contributed by atoms with van der Waals surface area (Å²) in [5.74, 6) is 1.62. The van der Waals surface area contributed by atoms with E-state index in [-0.39, 0.29) is 5.41 Å². The summed E-state index contributed by atoms with van der Waals surface area (Å²) in [5, 5.41) is 9.56. The third-order valence-corrected chi connectivity index (χ3v) is 4.92. The molecule has 0 aliphatic heterocycles. The van der Waals surface area contributed by atoms with Crippen LogP contribution in [0, 0.1) is 11.3 Å². The van der Waals surface area contributed by atoms with Crippen molar-refractivity contribution >= 4 is 6.29 Å². The quantitative estimate of drug-likeness (QED) is 0.768. The molecule has 3 rings (SSSR count). The largest absolute Gasteiger partial charge is 0.508 e. The van der Waals surface area contributed by atoms with Crippen LogP contribution in [0.1, 0.15) is 49.7 Å². The van der Waals surface area contributed by atoms with Crippen LogP contribution in [-0.2, 0) is 11.2 Å². The van der Waals surface area contributed by atoms with Crippen LogP contribution in [0.3, 0.4) is 0 Å². The van der Waals surface area contributed by atoms with Gasteiger partial charge in [-0.2, -0.15) is 0 Å². The molecular formula is C16H20O2. The highest BCUT2D eigenvalue weighted by atomic mass is 16.3. The molecule has 1 aromatic carbocycles. The maximum absolute atomic E-state index is 11.2. The van der Waals surface area contributed by atoms with Gasteiger partial charge in [0.1, 0.15) is 12.0 Å². The Morgan fingerprint density at radius 3 is 3.00 bits per heavy atom. The number of carbonyl (C=O) groups is 1. The third-order valence-electron chi connectivity index (χ3n) is 4.92. The van der Waals surface area contributed by atoms with E-state index in [2.05, 4.69) is 13.0 Å². The number of rotatable bonds is 1. The smallest absolute Gasteiger partial charge is 0.125 e. The minimum absolute atomic E-state index is 0.102. The van der Waals surface area contributed by atoms with E-state index in [1.807, 2.05) is 6.07 Å². The van der Waals surface area contributed by atoms with Gasteiger partial charge in [0.2, 0.25) is 0 Å². The molecule has 2 nitrogen and oxygen atoms in total. The molecule has 1 fully saturated rings. The van der Waals surface area contributed by atoms with Crippen molar-refractivity contribution in [2.45, 2.75) is 44.9 Å². The molecule has 0 amide bonds. The lowest BCUT2D eigenvalue weighted by Gasteiger charge is -2.43. The van der Waals surface area contributed by atoms with Gasteiger partial charge < -0.3 is 9.90 Å². The number of hydrogen-bond acceptors (Lipinski definition) is 2. The molecule has 18 heavy (non-hydrogen) atoms. The average Bonchev–Trinajstić information content (AvgIpc) is 2.38. The lowest BCUT2D eigenvalue weighted by atomic mass is 9.61. The first-order valence-corrected chi connectivity index (χ1v) is 6.89. The SMILES string of the molecule is CC1(C=O)CCC2c3ccc(O)cc3CCC2C1. The van der Waals surface area contributed by atoms with E-state index in [9.17, 15) is 9.90 Å². The summed E-state index contributed by atoms with van der Waals surface area (Å²) >= 11 is 0. The van der Waals surface area contributed by atoms with Crippen LogP contribution >= 0.6 is 0 Å². The highest BCUT2D eigenvalue weighted by molar-refractivity contribution is 5.59. The van der Waals surface area contributed by atoms with Gasteiger partial charge in [-0.15, -0.1) is 0 Å². The molecule has 0 bridgehead atoms. The van der Waals surface area contributed by atoms with E-state index in [1.165, 1.54) is 11.1 Å². The standard InChI is InChI=1S/C16H20O2/c1-16(10-17)7-6-15-12(9-16)3-2-11-8-13(18)4-5-14(11)15/h4-5,8,10,12,15,18H,2-3,6-7,9H2,1H3. The second-order valence-corrected chi connectivity index (χ2v) is 6.30. The van der Waals surface area contributed by atoms with Crippen LogP contribution in [-0.4, -0.2) is 11.4 Å². The van der Waals surface area contributed by atoms with Crippen LogP contribution in [0.15, 0.2) is 18.2 Å². The van der Waals surface area contributed by atoms with Crippen molar-refractivity contribution in [2.75, 3.05) is 0 Å². The minimum atomic E-state index is -0.102. The monoisotopic (exact) mass is 244 g/mol. The molecule has 0 heterocycles. The maximum Gasteiger partial charge on any atom is 0.125 e. The Balaban J connectivity index is 1.91. The summed E-state index contributed by atoms with van der Waals surface area (Å²) in [6.45, 7) is 2.10. The van der Waals surface area contributed by atoms with Gasteiger partial charge in [0, 0.05) is 5.41 Å². The summed E-state index contributed by atoms with van der Waals surface area (Å²) in [6, 6.07) is 5.80. The van der Waals surface area contributed by atoms with Crippen LogP contribution in [0.5, 0.6) is 5.75 Å². The first-order valence-electron chi connectivity index (χ1n) is 6.89. The molecule has 0 spiro atoms. The molecule has 1 saturated carbocycles. The zero-order valence-electron chi connectivity index (χ0n) is 10.9. The number of aryl methyl sites for hydroxylation is 1. The summed E-state index contributed by atoms with van der Waals surface area (Å²) in [5.41, 5.74) is 2.62. The molecule has 0 aromatic heterocycles. The number of benzene rings is 1. The topological polar surface area (TPSA) is 37.3 Å². The first kappa shape index (κ1) is 11.8. The van der Waals surface area contributed by atoms with Gasteiger partial charge in [-0.25, -0.2) is 0 Å². The zero-order valence-corrected chi connectivity index (χ0v) is 10.9. The Morgan fingerprint density at radius 2 is 2.22 bits per heavy atom. The zero-order chi connectivity index (χ0) is 12.8. The molecule has 96 valence electrons. The van der Waals surface area contributed by atoms with E-state index in [1.54, 1.807) is 6.07 Å². The van der Waals surface area contributed by atoms with Gasteiger partial charge in [0.25, 0.3) is 0 Å². The van der Waals surface area contributed by atoms with Gasteiger partial charge in [-0.1, -0.05) is 13.0 Å². The predicted molar refractivity (Wildman–Crippen MR) is 70.7 cm³/mol. The highest BCUT2D eigenvalue weighted by Gasteiger charge is 2.40. The second-order valence-electron chi connectivity index (χ2n) is 6.30. The van der Waals surface area contributed by atoms with E-state index in [0.29, 0.717) is 17.6 Å². The Kier molecular flexibility index (Phi) is 2.69. The molecule has 2 heteroatoms. The number of aldehydes is 1. The molecule has 3 unspecified atom stereocenters. The van der Waals surface area contributed by atoms with E-state index in [4.69, 9.17) is 0 Å². The fraction of sp³-hybridized carbons (Fsp3) is 0.562. The van der Waals surface area contributed by atoms with Crippen molar-refractivity contribution < 1.29 is 9.90 Å². The Labute approximate surface area is 108 Å². The van der Waals surface area contributed by atoms with Crippen LogP contribution in [0.2, 0.25) is 0 Å². The number of phenols is 1. The number of aromatic hydroxyl groups is 1. The average molecular weight is 244 g/mol. The molecule has 3 atom stereocenters. The number of fused-ring (bicyclic) bond motifs is 3. The fourth-order valence-electron chi connectivity index (χ4n) is 3.90. The lowest BCUT2D eigenvalue weighted by molar-refractivity contribution is -0.118. The molecule has 0 saturated heterocycles. The Morgan fingerprint density at radius 1 is 1.39 bits per heavy atom. The van der Waals surface area contributed by atoms with Crippen molar-refractivity contribution in [3.63, 3.8) is 0 Å². The Bertz CT molecular complexity index is 480. The van der Waals surface area contributed by atoms with Crippen LogP contribution in [0.25, 0.3) is 0 Å². The van der Waals surface area contributed by atoms with Gasteiger partial charge in [0.15, 0.2) is 0 Å². The molecule has 1 aromatic rings. The normalized spacial score (nSPS) is 34.5. The predicted octanol–water partition coefficient (Wildman–Crippen LogP) is 3.43. The van der Waals surface area contributed by atoms with Crippen molar-refractivity contribution in [2.24, 2.45) is 11.3 Å². The second kappa shape index (κ2) is 4.11. The van der Waals surface area contributed by atoms with Crippen LogP contribution in [0.4, 0.5) is 0 Å². The summed E-state index contributed by atoms with van der Waals surface area (Å²) in [7, 11) is 0. The first-order chi connectivity index (χ1) is 8.61. The van der Waals surface area contributed by atoms with Gasteiger partial charge in [-0.05, 0) is 67.2 Å². The van der Waals surface area contributed by atoms with E-state index >= 15 is 0 Å².